The van der Waals surface area contributed by atoms with E-state index in [9.17, 15) is 8.42 Å². The standard InChI is InChI=1S/C15H16ClN5O3S/c1-19-9-11(8-17-19)12-10-20(6-7-24-12)25(22,23)15-14(16)18-13-4-2-3-5-21(13)15/h2-5,8-9,12H,6-7,10H2,1H3/t12-/m1/s1. The lowest BCUT2D eigenvalue weighted by atomic mass is 10.2. The molecule has 4 heterocycles. The van der Waals surface area contributed by atoms with Crippen LogP contribution >= 0.6 is 11.6 Å². The van der Waals surface area contributed by atoms with E-state index in [4.69, 9.17) is 16.3 Å². The first-order valence-corrected chi connectivity index (χ1v) is 9.51. The minimum Gasteiger partial charge on any atom is -0.371 e. The number of sulfonamides is 1. The Morgan fingerprint density at radius 3 is 2.96 bits per heavy atom. The third-order valence-corrected chi connectivity index (χ3v) is 6.42. The molecule has 0 bridgehead atoms. The molecule has 0 amide bonds. The number of imidazole rings is 1. The van der Waals surface area contributed by atoms with Gasteiger partial charge in [-0.2, -0.15) is 9.40 Å². The second-order valence-electron chi connectivity index (χ2n) is 5.81. The highest BCUT2D eigenvalue weighted by Crippen LogP contribution is 2.30. The maximum Gasteiger partial charge on any atom is 0.262 e. The number of halogens is 1. The topological polar surface area (TPSA) is 81.7 Å². The van der Waals surface area contributed by atoms with Crippen LogP contribution in [0.25, 0.3) is 5.65 Å². The van der Waals surface area contributed by atoms with Gasteiger partial charge in [-0.25, -0.2) is 13.4 Å². The molecule has 0 aromatic carbocycles. The summed E-state index contributed by atoms with van der Waals surface area (Å²) in [6, 6.07) is 5.23. The molecular weight excluding hydrogens is 366 g/mol. The highest BCUT2D eigenvalue weighted by molar-refractivity contribution is 7.89. The first kappa shape index (κ1) is 16.5. The molecule has 0 aliphatic carbocycles. The second kappa shape index (κ2) is 6.10. The predicted octanol–water partition coefficient (Wildman–Crippen LogP) is 1.48. The molecule has 0 saturated carbocycles. The quantitative estimate of drug-likeness (QED) is 0.686. The summed E-state index contributed by atoms with van der Waals surface area (Å²) in [7, 11) is -2.01. The summed E-state index contributed by atoms with van der Waals surface area (Å²) in [6.07, 6.45) is 4.78. The zero-order valence-electron chi connectivity index (χ0n) is 13.4. The molecule has 132 valence electrons. The predicted molar refractivity (Wildman–Crippen MR) is 90.9 cm³/mol. The minimum absolute atomic E-state index is 0.0170. The van der Waals surface area contributed by atoms with Gasteiger partial charge >= 0.3 is 0 Å². The largest absolute Gasteiger partial charge is 0.371 e. The number of nitrogens with zero attached hydrogens (tertiary/aromatic N) is 5. The monoisotopic (exact) mass is 381 g/mol. The molecule has 0 unspecified atom stereocenters. The third-order valence-electron chi connectivity index (χ3n) is 4.16. The number of hydrogen-bond acceptors (Lipinski definition) is 5. The molecule has 3 aromatic heterocycles. The Hall–Kier alpha value is -1.94. The van der Waals surface area contributed by atoms with E-state index < -0.39 is 10.0 Å². The zero-order chi connectivity index (χ0) is 17.6. The minimum atomic E-state index is -3.82. The molecule has 10 heteroatoms. The van der Waals surface area contributed by atoms with Crippen LogP contribution in [0.4, 0.5) is 0 Å². The van der Waals surface area contributed by atoms with Crippen LogP contribution in [0, 0.1) is 0 Å². The van der Waals surface area contributed by atoms with Crippen LogP contribution in [0.3, 0.4) is 0 Å². The van der Waals surface area contributed by atoms with Gasteiger partial charge in [0.05, 0.1) is 18.9 Å². The van der Waals surface area contributed by atoms with Crippen molar-refractivity contribution in [2.75, 3.05) is 19.7 Å². The molecule has 3 aromatic rings. The summed E-state index contributed by atoms with van der Waals surface area (Å²) in [5, 5.41) is 4.07. The second-order valence-corrected chi connectivity index (χ2v) is 8.02. The third kappa shape index (κ3) is 2.82. The van der Waals surface area contributed by atoms with E-state index in [1.807, 2.05) is 6.20 Å². The molecule has 1 aliphatic rings. The molecule has 8 nitrogen and oxygen atoms in total. The molecule has 1 aliphatic heterocycles. The lowest BCUT2D eigenvalue weighted by molar-refractivity contribution is -0.00267. The summed E-state index contributed by atoms with van der Waals surface area (Å²) in [6.45, 7) is 0.757. The van der Waals surface area contributed by atoms with Gasteiger partial charge in [-0.3, -0.25) is 9.08 Å². The summed E-state index contributed by atoms with van der Waals surface area (Å²) < 4.78 is 36.6. The van der Waals surface area contributed by atoms with Crippen LogP contribution in [0.5, 0.6) is 0 Å². The lowest BCUT2D eigenvalue weighted by Crippen LogP contribution is -2.42. The van der Waals surface area contributed by atoms with Gasteiger partial charge in [0.2, 0.25) is 0 Å². The number of rotatable bonds is 3. The lowest BCUT2D eigenvalue weighted by Gasteiger charge is -2.31. The first-order chi connectivity index (χ1) is 12.0. The van der Waals surface area contributed by atoms with Crippen molar-refractivity contribution in [3.8, 4) is 0 Å². The van der Waals surface area contributed by atoms with E-state index >= 15 is 0 Å². The molecule has 1 saturated heterocycles. The van der Waals surface area contributed by atoms with Crippen LogP contribution < -0.4 is 0 Å². The fraction of sp³-hybridized carbons (Fsp3) is 0.333. The van der Waals surface area contributed by atoms with Crippen LogP contribution in [0.2, 0.25) is 5.15 Å². The van der Waals surface area contributed by atoms with E-state index in [1.54, 1.807) is 42.3 Å². The Morgan fingerprint density at radius 1 is 1.36 bits per heavy atom. The Bertz CT molecular complexity index is 1030. The van der Waals surface area contributed by atoms with Crippen LogP contribution in [-0.4, -0.2) is 51.6 Å². The molecule has 0 spiro atoms. The molecule has 25 heavy (non-hydrogen) atoms. The van der Waals surface area contributed by atoms with Crippen molar-refractivity contribution in [2.24, 2.45) is 7.05 Å². The van der Waals surface area contributed by atoms with E-state index in [-0.39, 0.29) is 29.4 Å². The fourth-order valence-corrected chi connectivity index (χ4v) is 4.97. The van der Waals surface area contributed by atoms with E-state index in [0.29, 0.717) is 12.3 Å². The summed E-state index contributed by atoms with van der Waals surface area (Å²) in [5.74, 6) is 0. The Balaban J connectivity index is 1.71. The molecule has 0 radical (unpaired) electrons. The molecule has 1 fully saturated rings. The number of morpholine rings is 1. The maximum absolute atomic E-state index is 13.2. The number of aryl methyl sites for hydroxylation is 1. The van der Waals surface area contributed by atoms with Gasteiger partial charge in [-0.1, -0.05) is 17.7 Å². The van der Waals surface area contributed by atoms with Gasteiger partial charge in [0.1, 0.15) is 5.65 Å². The van der Waals surface area contributed by atoms with Crippen molar-refractivity contribution in [2.45, 2.75) is 11.1 Å². The smallest absolute Gasteiger partial charge is 0.262 e. The van der Waals surface area contributed by atoms with Crippen LogP contribution in [0.1, 0.15) is 11.7 Å². The number of aromatic nitrogens is 4. The van der Waals surface area contributed by atoms with E-state index in [0.717, 1.165) is 5.56 Å². The van der Waals surface area contributed by atoms with Crippen LogP contribution in [-0.2, 0) is 21.8 Å². The normalized spacial score (nSPS) is 19.5. The van der Waals surface area contributed by atoms with Crippen molar-refractivity contribution in [1.29, 1.82) is 0 Å². The zero-order valence-corrected chi connectivity index (χ0v) is 15.0. The molecule has 0 N–H and O–H groups in total. The first-order valence-electron chi connectivity index (χ1n) is 7.70. The average molecular weight is 382 g/mol. The Morgan fingerprint density at radius 2 is 2.20 bits per heavy atom. The van der Waals surface area contributed by atoms with Crippen molar-refractivity contribution >= 4 is 27.3 Å². The SMILES string of the molecule is Cn1cc([C@H]2CN(S(=O)(=O)c3c(Cl)nc4ccccn34)CCO2)cn1. The number of fused-ring (bicyclic) bond motifs is 1. The maximum atomic E-state index is 13.2. The van der Waals surface area contributed by atoms with Gasteiger partial charge in [-0.15, -0.1) is 0 Å². The van der Waals surface area contributed by atoms with Crippen molar-refractivity contribution < 1.29 is 13.2 Å². The van der Waals surface area contributed by atoms with Crippen molar-refractivity contribution in [3.05, 3.63) is 47.5 Å². The molecule has 4 rings (SSSR count). The van der Waals surface area contributed by atoms with E-state index in [1.165, 1.54) is 8.71 Å². The highest BCUT2D eigenvalue weighted by Gasteiger charge is 2.35. The van der Waals surface area contributed by atoms with E-state index in [2.05, 4.69) is 10.1 Å². The Labute approximate surface area is 149 Å². The van der Waals surface area contributed by atoms with Crippen LogP contribution in [0.15, 0.2) is 41.8 Å². The van der Waals surface area contributed by atoms with Gasteiger partial charge < -0.3 is 4.74 Å². The Kier molecular flexibility index (Phi) is 4.03. The van der Waals surface area contributed by atoms with Gasteiger partial charge in [0.15, 0.2) is 10.2 Å². The molecular formula is C15H16ClN5O3S. The molecule has 1 atom stereocenters. The van der Waals surface area contributed by atoms with Gasteiger partial charge in [0.25, 0.3) is 10.0 Å². The van der Waals surface area contributed by atoms with Crippen molar-refractivity contribution in [3.63, 3.8) is 0 Å². The van der Waals surface area contributed by atoms with Crippen molar-refractivity contribution in [1.82, 2.24) is 23.5 Å². The van der Waals surface area contributed by atoms with Gasteiger partial charge in [0, 0.05) is 38.1 Å². The van der Waals surface area contributed by atoms with Gasteiger partial charge in [-0.05, 0) is 12.1 Å². The highest BCUT2D eigenvalue weighted by atomic mass is 35.5. The summed E-state index contributed by atoms with van der Waals surface area (Å²) >= 11 is 6.15. The fourth-order valence-electron chi connectivity index (χ4n) is 2.95. The number of pyridine rings is 1. The summed E-state index contributed by atoms with van der Waals surface area (Å²) in [5.41, 5.74) is 1.33. The number of hydrogen-bond donors (Lipinski definition) is 0. The average Bonchev–Trinajstić information content (AvgIpc) is 3.17. The summed E-state index contributed by atoms with van der Waals surface area (Å²) in [4.78, 5) is 4.13. The number of ether oxygens (including phenoxy) is 1.